The van der Waals surface area contributed by atoms with Crippen molar-refractivity contribution in [2.45, 2.75) is 19.4 Å². The van der Waals surface area contributed by atoms with Crippen LogP contribution in [0.2, 0.25) is 0 Å². The summed E-state index contributed by atoms with van der Waals surface area (Å²) in [5.74, 6) is 5.20. The highest BCUT2D eigenvalue weighted by Gasteiger charge is 2.16. The van der Waals surface area contributed by atoms with E-state index < -0.39 is 0 Å². The molecule has 0 aliphatic heterocycles. The average molecular weight is 245 g/mol. The summed E-state index contributed by atoms with van der Waals surface area (Å²) in [7, 11) is 0. The molecule has 0 spiro atoms. The zero-order chi connectivity index (χ0) is 13.0. The molecule has 18 heavy (non-hydrogen) atoms. The number of benzene rings is 1. The standard InChI is InChI=1S/C14H16FN3/c1-2-10-4-3-5-11(8-10)14(18-16)12-6-7-17-9-13(12)15/h3-9,14,18H,2,16H2,1H3. The molecule has 0 aliphatic rings. The normalized spacial score (nSPS) is 12.4. The maximum atomic E-state index is 13.7. The summed E-state index contributed by atoms with van der Waals surface area (Å²) in [5.41, 5.74) is 5.30. The lowest BCUT2D eigenvalue weighted by Crippen LogP contribution is -2.29. The summed E-state index contributed by atoms with van der Waals surface area (Å²) in [6, 6.07) is 9.24. The van der Waals surface area contributed by atoms with Gasteiger partial charge in [0.25, 0.3) is 0 Å². The number of nitrogens with two attached hydrogens (primary N) is 1. The van der Waals surface area contributed by atoms with Crippen LogP contribution in [0.5, 0.6) is 0 Å². The van der Waals surface area contributed by atoms with Crippen molar-refractivity contribution in [3.8, 4) is 0 Å². The zero-order valence-corrected chi connectivity index (χ0v) is 10.2. The first kappa shape index (κ1) is 12.7. The van der Waals surface area contributed by atoms with E-state index >= 15 is 0 Å². The van der Waals surface area contributed by atoms with E-state index in [1.807, 2.05) is 24.3 Å². The molecule has 0 fully saturated rings. The lowest BCUT2D eigenvalue weighted by Gasteiger charge is -2.18. The third-order valence-corrected chi connectivity index (χ3v) is 2.97. The smallest absolute Gasteiger partial charge is 0.146 e. The summed E-state index contributed by atoms with van der Waals surface area (Å²) in [5, 5.41) is 0. The quantitative estimate of drug-likeness (QED) is 0.642. The molecule has 0 radical (unpaired) electrons. The minimum absolute atomic E-state index is 0.359. The van der Waals surface area contributed by atoms with Crippen molar-refractivity contribution in [2.75, 3.05) is 0 Å². The van der Waals surface area contributed by atoms with E-state index in [2.05, 4.69) is 17.3 Å². The number of halogens is 1. The van der Waals surface area contributed by atoms with Crippen molar-refractivity contribution in [2.24, 2.45) is 5.84 Å². The number of pyridine rings is 1. The molecular weight excluding hydrogens is 229 g/mol. The van der Waals surface area contributed by atoms with E-state index in [9.17, 15) is 4.39 Å². The van der Waals surface area contributed by atoms with E-state index in [1.165, 1.54) is 11.8 Å². The lowest BCUT2D eigenvalue weighted by molar-refractivity contribution is 0.555. The van der Waals surface area contributed by atoms with Crippen molar-refractivity contribution in [3.63, 3.8) is 0 Å². The van der Waals surface area contributed by atoms with Crippen LogP contribution < -0.4 is 11.3 Å². The molecule has 2 rings (SSSR count). The van der Waals surface area contributed by atoms with Gasteiger partial charge >= 0.3 is 0 Å². The Hall–Kier alpha value is -1.78. The van der Waals surface area contributed by atoms with Crippen molar-refractivity contribution in [3.05, 3.63) is 65.2 Å². The van der Waals surface area contributed by atoms with Crippen LogP contribution in [0.4, 0.5) is 4.39 Å². The summed E-state index contributed by atoms with van der Waals surface area (Å²) >= 11 is 0. The van der Waals surface area contributed by atoms with Gasteiger partial charge in [-0.2, -0.15) is 0 Å². The largest absolute Gasteiger partial charge is 0.271 e. The van der Waals surface area contributed by atoms with Crippen molar-refractivity contribution in [1.29, 1.82) is 0 Å². The predicted molar refractivity (Wildman–Crippen MR) is 69.2 cm³/mol. The van der Waals surface area contributed by atoms with Crippen LogP contribution in [0.1, 0.15) is 29.7 Å². The highest BCUT2D eigenvalue weighted by atomic mass is 19.1. The molecule has 0 saturated carbocycles. The fraction of sp³-hybridized carbons (Fsp3) is 0.214. The molecule has 1 unspecified atom stereocenters. The number of nitrogens with zero attached hydrogens (tertiary/aromatic N) is 1. The van der Waals surface area contributed by atoms with Crippen LogP contribution in [-0.4, -0.2) is 4.98 Å². The molecular formula is C14H16FN3. The van der Waals surface area contributed by atoms with Gasteiger partial charge in [-0.15, -0.1) is 0 Å². The van der Waals surface area contributed by atoms with Gasteiger partial charge in [0.15, 0.2) is 0 Å². The number of nitrogens with one attached hydrogen (secondary N) is 1. The van der Waals surface area contributed by atoms with Gasteiger partial charge in [0.1, 0.15) is 5.82 Å². The Labute approximate surface area is 106 Å². The number of aromatic nitrogens is 1. The second-order valence-electron chi connectivity index (χ2n) is 4.10. The summed E-state index contributed by atoms with van der Waals surface area (Å²) in [6.07, 6.45) is 3.69. The molecule has 0 aliphatic carbocycles. The van der Waals surface area contributed by atoms with Crippen LogP contribution in [0, 0.1) is 5.82 Å². The molecule has 1 atom stereocenters. The Morgan fingerprint density at radius 2 is 2.22 bits per heavy atom. The van der Waals surface area contributed by atoms with E-state index in [-0.39, 0.29) is 11.9 Å². The molecule has 94 valence electrons. The second-order valence-corrected chi connectivity index (χ2v) is 4.10. The molecule has 1 aromatic heterocycles. The predicted octanol–water partition coefficient (Wildman–Crippen LogP) is 2.34. The highest BCUT2D eigenvalue weighted by molar-refractivity contribution is 5.33. The van der Waals surface area contributed by atoms with Crippen LogP contribution in [0.25, 0.3) is 0 Å². The Morgan fingerprint density at radius 1 is 1.39 bits per heavy atom. The number of aryl methyl sites for hydroxylation is 1. The first-order valence-electron chi connectivity index (χ1n) is 5.90. The second kappa shape index (κ2) is 5.71. The summed E-state index contributed by atoms with van der Waals surface area (Å²) in [6.45, 7) is 2.08. The van der Waals surface area contributed by atoms with E-state index in [4.69, 9.17) is 5.84 Å². The van der Waals surface area contributed by atoms with Gasteiger partial charge in [-0.05, 0) is 23.6 Å². The van der Waals surface area contributed by atoms with E-state index in [0.29, 0.717) is 5.56 Å². The molecule has 2 aromatic rings. The van der Waals surface area contributed by atoms with Gasteiger partial charge < -0.3 is 0 Å². The van der Waals surface area contributed by atoms with Crippen LogP contribution in [0.15, 0.2) is 42.7 Å². The number of hydrogen-bond donors (Lipinski definition) is 2. The fourth-order valence-corrected chi connectivity index (χ4v) is 1.98. The van der Waals surface area contributed by atoms with Crippen LogP contribution in [-0.2, 0) is 6.42 Å². The van der Waals surface area contributed by atoms with Gasteiger partial charge in [-0.3, -0.25) is 10.8 Å². The molecule has 1 aromatic carbocycles. The highest BCUT2D eigenvalue weighted by Crippen LogP contribution is 2.23. The number of hydrazine groups is 1. The first-order valence-corrected chi connectivity index (χ1v) is 5.90. The minimum atomic E-state index is -0.362. The maximum Gasteiger partial charge on any atom is 0.146 e. The number of rotatable bonds is 4. The van der Waals surface area contributed by atoms with Gasteiger partial charge in [0.05, 0.1) is 12.2 Å². The van der Waals surface area contributed by atoms with Crippen molar-refractivity contribution < 1.29 is 4.39 Å². The van der Waals surface area contributed by atoms with Gasteiger partial charge in [0.2, 0.25) is 0 Å². The summed E-state index contributed by atoms with van der Waals surface area (Å²) in [4.78, 5) is 3.75. The zero-order valence-electron chi connectivity index (χ0n) is 10.2. The maximum absolute atomic E-state index is 13.7. The Bertz CT molecular complexity index is 528. The van der Waals surface area contributed by atoms with Gasteiger partial charge in [-0.25, -0.2) is 9.82 Å². The SMILES string of the molecule is CCc1cccc(C(NN)c2ccncc2F)c1. The van der Waals surface area contributed by atoms with Crippen molar-refractivity contribution >= 4 is 0 Å². The van der Waals surface area contributed by atoms with Crippen molar-refractivity contribution in [1.82, 2.24) is 10.4 Å². The van der Waals surface area contributed by atoms with Gasteiger partial charge in [0, 0.05) is 11.8 Å². The molecule has 4 heteroatoms. The average Bonchev–Trinajstić information content (AvgIpc) is 2.42. The number of hydrogen-bond acceptors (Lipinski definition) is 3. The Morgan fingerprint density at radius 3 is 2.89 bits per heavy atom. The van der Waals surface area contributed by atoms with E-state index in [0.717, 1.165) is 12.0 Å². The Balaban J connectivity index is 2.42. The molecule has 0 saturated heterocycles. The van der Waals surface area contributed by atoms with Gasteiger partial charge in [-0.1, -0.05) is 31.2 Å². The molecule has 0 amide bonds. The lowest BCUT2D eigenvalue weighted by atomic mass is 9.97. The monoisotopic (exact) mass is 245 g/mol. The molecule has 0 bridgehead atoms. The topological polar surface area (TPSA) is 50.9 Å². The van der Waals surface area contributed by atoms with E-state index in [1.54, 1.807) is 12.3 Å². The molecule has 3 nitrogen and oxygen atoms in total. The molecule has 1 heterocycles. The first-order chi connectivity index (χ1) is 8.76. The van der Waals surface area contributed by atoms with Crippen LogP contribution >= 0.6 is 0 Å². The third-order valence-electron chi connectivity index (χ3n) is 2.97. The minimum Gasteiger partial charge on any atom is -0.271 e. The Kier molecular flexibility index (Phi) is 4.02. The van der Waals surface area contributed by atoms with Crippen LogP contribution in [0.3, 0.4) is 0 Å². The molecule has 3 N–H and O–H groups in total. The fourth-order valence-electron chi connectivity index (χ4n) is 1.98. The third kappa shape index (κ3) is 2.55. The summed E-state index contributed by atoms with van der Waals surface area (Å²) < 4.78 is 13.7.